The highest BCUT2D eigenvalue weighted by Crippen LogP contribution is 2.12. The Morgan fingerprint density at radius 1 is 0.793 bits per heavy atom. The Labute approximate surface area is 184 Å². The molecule has 0 spiro atoms. The van der Waals surface area contributed by atoms with E-state index in [9.17, 15) is 4.79 Å². The summed E-state index contributed by atoms with van der Waals surface area (Å²) in [5, 5.41) is 6.34. The summed E-state index contributed by atoms with van der Waals surface area (Å²) in [6.45, 7) is 5.03. The van der Waals surface area contributed by atoms with Crippen molar-refractivity contribution < 1.29 is 4.79 Å². The second-order valence-corrected chi connectivity index (χ2v) is 8.53. The lowest BCUT2D eigenvalue weighted by atomic mass is 10.0. The summed E-state index contributed by atoms with van der Waals surface area (Å²) in [5.74, 6) is -0.137. The molecular formula is C25H42N2OS. The van der Waals surface area contributed by atoms with Crippen LogP contribution in [0.2, 0.25) is 0 Å². The molecule has 29 heavy (non-hydrogen) atoms. The number of carbonyl (C=O) groups is 1. The van der Waals surface area contributed by atoms with E-state index in [0.717, 1.165) is 18.5 Å². The molecule has 0 saturated heterocycles. The van der Waals surface area contributed by atoms with Crippen molar-refractivity contribution in [2.24, 2.45) is 0 Å². The van der Waals surface area contributed by atoms with Gasteiger partial charge in [-0.3, -0.25) is 10.1 Å². The van der Waals surface area contributed by atoms with Crippen molar-refractivity contribution in [3.05, 3.63) is 35.4 Å². The van der Waals surface area contributed by atoms with Crippen LogP contribution in [0.15, 0.2) is 24.3 Å². The van der Waals surface area contributed by atoms with Gasteiger partial charge >= 0.3 is 0 Å². The van der Waals surface area contributed by atoms with E-state index in [2.05, 4.69) is 17.6 Å². The molecular weight excluding hydrogens is 376 g/mol. The summed E-state index contributed by atoms with van der Waals surface area (Å²) in [7, 11) is 0. The van der Waals surface area contributed by atoms with Gasteiger partial charge in [0.25, 0.3) is 5.91 Å². The fraction of sp³-hybridized carbons (Fsp3) is 0.680. The van der Waals surface area contributed by atoms with E-state index in [1.807, 2.05) is 31.2 Å². The van der Waals surface area contributed by atoms with Crippen LogP contribution in [-0.4, -0.2) is 17.6 Å². The number of aryl methyl sites for hydroxylation is 1. The molecule has 4 heteroatoms. The second kappa shape index (κ2) is 17.4. The van der Waals surface area contributed by atoms with Crippen molar-refractivity contribution in [1.82, 2.24) is 10.6 Å². The van der Waals surface area contributed by atoms with Gasteiger partial charge in [0, 0.05) is 12.1 Å². The van der Waals surface area contributed by atoms with Crippen LogP contribution >= 0.6 is 12.2 Å². The van der Waals surface area contributed by atoms with Gasteiger partial charge in [-0.2, -0.15) is 0 Å². The highest BCUT2D eigenvalue weighted by molar-refractivity contribution is 7.80. The number of nitrogens with one attached hydrogen (secondary N) is 2. The van der Waals surface area contributed by atoms with E-state index in [1.165, 1.54) is 83.5 Å². The lowest BCUT2D eigenvalue weighted by molar-refractivity contribution is 0.0976. The number of benzene rings is 1. The smallest absolute Gasteiger partial charge is 0.257 e. The third kappa shape index (κ3) is 13.4. The van der Waals surface area contributed by atoms with Crippen molar-refractivity contribution in [1.29, 1.82) is 0 Å². The third-order valence-corrected chi connectivity index (χ3v) is 5.68. The molecule has 164 valence electrons. The van der Waals surface area contributed by atoms with Crippen molar-refractivity contribution >= 4 is 23.2 Å². The summed E-state index contributed by atoms with van der Waals surface area (Å²) in [5.41, 5.74) is 1.63. The van der Waals surface area contributed by atoms with Crippen LogP contribution in [-0.2, 0) is 0 Å². The number of unbranched alkanes of at least 4 members (excludes halogenated alkanes) is 13. The monoisotopic (exact) mass is 418 g/mol. The Morgan fingerprint density at radius 3 is 1.79 bits per heavy atom. The van der Waals surface area contributed by atoms with Crippen molar-refractivity contribution in [2.45, 2.75) is 104 Å². The minimum atomic E-state index is -0.137. The maximum Gasteiger partial charge on any atom is 0.257 e. The lowest BCUT2D eigenvalue weighted by Gasteiger charge is -2.10. The van der Waals surface area contributed by atoms with E-state index < -0.39 is 0 Å². The molecule has 0 atom stereocenters. The zero-order valence-electron chi connectivity index (χ0n) is 18.7. The minimum Gasteiger partial charge on any atom is -0.362 e. The topological polar surface area (TPSA) is 41.1 Å². The van der Waals surface area contributed by atoms with Crippen LogP contribution in [0.4, 0.5) is 0 Å². The van der Waals surface area contributed by atoms with Crippen molar-refractivity contribution in [3.8, 4) is 0 Å². The normalized spacial score (nSPS) is 10.7. The number of thiocarbonyl (C=S) groups is 1. The Bertz CT molecular complexity index is 574. The van der Waals surface area contributed by atoms with Crippen molar-refractivity contribution in [3.63, 3.8) is 0 Å². The van der Waals surface area contributed by atoms with Gasteiger partial charge in [-0.05, 0) is 37.2 Å². The highest BCUT2D eigenvalue weighted by Gasteiger charge is 2.09. The van der Waals surface area contributed by atoms with Gasteiger partial charge in [-0.25, -0.2) is 0 Å². The van der Waals surface area contributed by atoms with Crippen molar-refractivity contribution in [2.75, 3.05) is 6.54 Å². The Morgan fingerprint density at radius 2 is 1.28 bits per heavy atom. The van der Waals surface area contributed by atoms with Gasteiger partial charge in [0.05, 0.1) is 0 Å². The molecule has 1 aromatic carbocycles. The first-order chi connectivity index (χ1) is 14.1. The highest BCUT2D eigenvalue weighted by atomic mass is 32.1. The van der Waals surface area contributed by atoms with Gasteiger partial charge in [-0.1, -0.05) is 109 Å². The molecule has 0 heterocycles. The van der Waals surface area contributed by atoms with Gasteiger partial charge < -0.3 is 5.32 Å². The van der Waals surface area contributed by atoms with E-state index in [-0.39, 0.29) is 5.91 Å². The molecule has 0 bridgehead atoms. The first kappa shape index (κ1) is 25.6. The predicted molar refractivity (Wildman–Crippen MR) is 130 cm³/mol. The third-order valence-electron chi connectivity index (χ3n) is 5.43. The van der Waals surface area contributed by atoms with E-state index in [4.69, 9.17) is 12.2 Å². The average molecular weight is 419 g/mol. The summed E-state index contributed by atoms with van der Waals surface area (Å²) in [4.78, 5) is 12.2. The van der Waals surface area contributed by atoms with Crippen LogP contribution < -0.4 is 10.6 Å². The summed E-state index contributed by atoms with van der Waals surface area (Å²) >= 11 is 5.23. The van der Waals surface area contributed by atoms with Crippen LogP contribution in [0.25, 0.3) is 0 Å². The second-order valence-electron chi connectivity index (χ2n) is 8.12. The molecule has 0 fully saturated rings. The fourth-order valence-corrected chi connectivity index (χ4v) is 3.76. The first-order valence-corrected chi connectivity index (χ1v) is 12.2. The predicted octanol–water partition coefficient (Wildman–Crippen LogP) is 7.08. The molecule has 0 saturated carbocycles. The van der Waals surface area contributed by atoms with Gasteiger partial charge in [-0.15, -0.1) is 0 Å². The zero-order chi connectivity index (χ0) is 21.2. The van der Waals surface area contributed by atoms with Crippen LogP contribution in [0, 0.1) is 6.92 Å². The van der Waals surface area contributed by atoms with E-state index >= 15 is 0 Å². The largest absolute Gasteiger partial charge is 0.362 e. The van der Waals surface area contributed by atoms with Crippen LogP contribution in [0.1, 0.15) is 113 Å². The summed E-state index contributed by atoms with van der Waals surface area (Å²) < 4.78 is 0. The average Bonchev–Trinajstić information content (AvgIpc) is 2.71. The number of hydrogen-bond donors (Lipinski definition) is 2. The summed E-state index contributed by atoms with van der Waals surface area (Å²) in [6, 6.07) is 7.55. The lowest BCUT2D eigenvalue weighted by Crippen LogP contribution is -2.39. The molecule has 0 aromatic heterocycles. The molecule has 1 aromatic rings. The molecule has 0 aliphatic heterocycles. The Kier molecular flexibility index (Phi) is 15.4. The Balaban J connectivity index is 1.89. The minimum absolute atomic E-state index is 0.137. The molecule has 1 rings (SSSR count). The van der Waals surface area contributed by atoms with Gasteiger partial charge in [0.2, 0.25) is 0 Å². The first-order valence-electron chi connectivity index (χ1n) is 11.8. The quantitative estimate of drug-likeness (QED) is 0.222. The molecule has 0 radical (unpaired) electrons. The fourth-order valence-electron chi connectivity index (χ4n) is 3.56. The number of carbonyl (C=O) groups excluding carboxylic acids is 1. The molecule has 0 unspecified atom stereocenters. The van der Waals surface area contributed by atoms with Crippen LogP contribution in [0.3, 0.4) is 0 Å². The van der Waals surface area contributed by atoms with E-state index in [1.54, 1.807) is 0 Å². The zero-order valence-corrected chi connectivity index (χ0v) is 19.5. The molecule has 0 aliphatic carbocycles. The maximum absolute atomic E-state index is 12.2. The van der Waals surface area contributed by atoms with Crippen LogP contribution in [0.5, 0.6) is 0 Å². The molecule has 2 N–H and O–H groups in total. The van der Waals surface area contributed by atoms with Gasteiger partial charge in [0.1, 0.15) is 0 Å². The SMILES string of the molecule is CCCCCCCCCCCCCCCCNC(=S)NC(=O)c1ccccc1C. The number of amides is 1. The van der Waals surface area contributed by atoms with E-state index in [0.29, 0.717) is 10.7 Å². The molecule has 1 amide bonds. The number of rotatable bonds is 16. The maximum atomic E-state index is 12.2. The summed E-state index contributed by atoms with van der Waals surface area (Å²) in [6.07, 6.45) is 19.0. The standard InChI is InChI=1S/C25H42N2OS/c1-3-4-5-6-7-8-9-10-11-12-13-14-15-18-21-26-25(29)27-24(28)23-20-17-16-19-22(23)2/h16-17,19-20H,3-15,18,21H2,1-2H3,(H2,26,27,28,29). The Hall–Kier alpha value is -1.42. The molecule has 3 nitrogen and oxygen atoms in total. The molecule has 0 aliphatic rings. The van der Waals surface area contributed by atoms with Gasteiger partial charge in [0.15, 0.2) is 5.11 Å². The number of hydrogen-bond acceptors (Lipinski definition) is 2.